The van der Waals surface area contributed by atoms with Crippen LogP contribution in [0.3, 0.4) is 0 Å². The van der Waals surface area contributed by atoms with Gasteiger partial charge in [0.2, 0.25) is 11.9 Å². The van der Waals surface area contributed by atoms with Crippen molar-refractivity contribution in [3.05, 3.63) is 35.7 Å². The van der Waals surface area contributed by atoms with Crippen LogP contribution in [0.1, 0.15) is 31.7 Å². The third-order valence-corrected chi connectivity index (χ3v) is 3.45. The second-order valence-corrected chi connectivity index (χ2v) is 5.37. The monoisotopic (exact) mass is 355 g/mol. The lowest BCUT2D eigenvalue weighted by atomic mass is 10.2. The molecule has 1 aromatic carbocycles. The molecule has 0 aliphatic carbocycles. The Labute approximate surface area is 143 Å². The molecule has 0 aliphatic rings. The van der Waals surface area contributed by atoms with Crippen LogP contribution in [0, 0.1) is 0 Å². The summed E-state index contributed by atoms with van der Waals surface area (Å²) in [6, 6.07) is 4.58. The molecule has 1 atom stereocenters. The highest BCUT2D eigenvalue weighted by Crippen LogP contribution is 2.31. The van der Waals surface area contributed by atoms with E-state index in [4.69, 9.17) is 10.5 Å². The van der Waals surface area contributed by atoms with Gasteiger partial charge in [-0.2, -0.15) is 28.1 Å². The average molecular weight is 355 g/mol. The number of nitrogens with two attached hydrogens (primary N) is 1. The Hall–Kier alpha value is -2.58. The Morgan fingerprint density at radius 1 is 1.20 bits per heavy atom. The number of alkyl halides is 3. The van der Waals surface area contributed by atoms with Crippen molar-refractivity contribution >= 4 is 11.9 Å². The zero-order valence-corrected chi connectivity index (χ0v) is 14.0. The molecule has 2 aromatic rings. The van der Waals surface area contributed by atoms with Gasteiger partial charge in [-0.3, -0.25) is 0 Å². The maximum Gasteiger partial charge on any atom is 0.416 e. The van der Waals surface area contributed by atoms with Gasteiger partial charge in [-0.15, -0.1) is 0 Å². The topological polar surface area (TPSA) is 86.0 Å². The first-order valence-electron chi connectivity index (χ1n) is 7.88. The van der Waals surface area contributed by atoms with Crippen molar-refractivity contribution in [3.63, 3.8) is 0 Å². The molecule has 0 bridgehead atoms. The number of aryl methyl sites for hydroxylation is 1. The number of halogens is 3. The number of anilines is 2. The Morgan fingerprint density at radius 3 is 2.60 bits per heavy atom. The van der Waals surface area contributed by atoms with E-state index in [1.54, 1.807) is 0 Å². The number of rotatable bonds is 7. The van der Waals surface area contributed by atoms with Gasteiger partial charge < -0.3 is 15.8 Å². The molecule has 6 nitrogen and oxygen atoms in total. The molecule has 0 spiro atoms. The molecule has 9 heteroatoms. The first-order chi connectivity index (χ1) is 11.8. The van der Waals surface area contributed by atoms with Crippen LogP contribution < -0.4 is 15.8 Å². The summed E-state index contributed by atoms with van der Waals surface area (Å²) in [6.45, 7) is 3.97. The molecule has 3 N–H and O–H groups in total. The Morgan fingerprint density at radius 2 is 1.96 bits per heavy atom. The molecule has 1 aromatic heterocycles. The molecule has 25 heavy (non-hydrogen) atoms. The minimum atomic E-state index is -4.40. The second-order valence-electron chi connectivity index (χ2n) is 5.37. The van der Waals surface area contributed by atoms with Gasteiger partial charge in [0.05, 0.1) is 11.6 Å². The van der Waals surface area contributed by atoms with E-state index in [1.807, 2.05) is 13.8 Å². The van der Waals surface area contributed by atoms with E-state index < -0.39 is 11.7 Å². The molecule has 0 aliphatic heterocycles. The minimum Gasteiger partial charge on any atom is -0.491 e. The highest BCUT2D eigenvalue weighted by molar-refractivity contribution is 5.33. The molecule has 0 saturated heterocycles. The largest absolute Gasteiger partial charge is 0.491 e. The predicted molar refractivity (Wildman–Crippen MR) is 88.3 cm³/mol. The van der Waals surface area contributed by atoms with E-state index >= 15 is 0 Å². The zero-order valence-electron chi connectivity index (χ0n) is 14.0. The van der Waals surface area contributed by atoms with Crippen molar-refractivity contribution in [2.75, 3.05) is 17.7 Å². The van der Waals surface area contributed by atoms with E-state index in [0.717, 1.165) is 12.1 Å². The number of nitrogens with zero attached hydrogens (tertiary/aromatic N) is 3. The Kier molecular flexibility index (Phi) is 6.00. The van der Waals surface area contributed by atoms with Crippen molar-refractivity contribution in [2.45, 2.75) is 38.9 Å². The van der Waals surface area contributed by atoms with Gasteiger partial charge in [0.1, 0.15) is 18.2 Å². The molecule has 1 unspecified atom stereocenters. The van der Waals surface area contributed by atoms with Crippen LogP contribution in [-0.2, 0) is 12.6 Å². The van der Waals surface area contributed by atoms with Crippen LogP contribution in [0.25, 0.3) is 0 Å². The third kappa shape index (κ3) is 5.47. The van der Waals surface area contributed by atoms with Crippen molar-refractivity contribution in [1.82, 2.24) is 15.0 Å². The molecular weight excluding hydrogens is 335 g/mol. The molecule has 136 valence electrons. The maximum absolute atomic E-state index is 12.7. The van der Waals surface area contributed by atoms with E-state index in [2.05, 4.69) is 20.3 Å². The number of benzene rings is 1. The summed E-state index contributed by atoms with van der Waals surface area (Å²) in [7, 11) is 0. The Bertz CT molecular complexity index is 708. The molecule has 0 fully saturated rings. The van der Waals surface area contributed by atoms with Gasteiger partial charge in [-0.1, -0.05) is 19.9 Å². The lowest BCUT2D eigenvalue weighted by Gasteiger charge is -2.18. The number of nitrogen functional groups attached to an aromatic ring is 1. The SMILES string of the molecule is CCc1nc(N)nc(NC(CC)COc2cccc(C(F)(F)F)c2)n1. The number of hydrogen-bond acceptors (Lipinski definition) is 6. The molecule has 0 amide bonds. The van der Waals surface area contributed by atoms with E-state index in [1.165, 1.54) is 12.1 Å². The summed E-state index contributed by atoms with van der Waals surface area (Å²) in [5.74, 6) is 1.15. The van der Waals surface area contributed by atoms with Gasteiger partial charge in [0.15, 0.2) is 0 Å². The smallest absolute Gasteiger partial charge is 0.416 e. The van der Waals surface area contributed by atoms with Crippen molar-refractivity contribution in [3.8, 4) is 5.75 Å². The molecule has 0 radical (unpaired) electrons. The zero-order chi connectivity index (χ0) is 18.4. The summed E-state index contributed by atoms with van der Waals surface area (Å²) < 4.78 is 43.7. The van der Waals surface area contributed by atoms with Crippen LogP contribution in [-0.4, -0.2) is 27.6 Å². The average Bonchev–Trinajstić information content (AvgIpc) is 2.57. The van der Waals surface area contributed by atoms with Crippen LogP contribution in [0.15, 0.2) is 24.3 Å². The Balaban J connectivity index is 2.02. The van der Waals surface area contributed by atoms with E-state index in [9.17, 15) is 13.2 Å². The number of nitrogens with one attached hydrogen (secondary N) is 1. The lowest BCUT2D eigenvalue weighted by Crippen LogP contribution is -2.28. The molecular formula is C16H20F3N5O. The van der Waals surface area contributed by atoms with E-state index in [-0.39, 0.29) is 24.3 Å². The van der Waals surface area contributed by atoms with Gasteiger partial charge in [-0.25, -0.2) is 0 Å². The van der Waals surface area contributed by atoms with Crippen molar-refractivity contribution < 1.29 is 17.9 Å². The number of ether oxygens (including phenoxy) is 1. The first-order valence-corrected chi connectivity index (χ1v) is 7.88. The van der Waals surface area contributed by atoms with Gasteiger partial charge in [-0.05, 0) is 24.6 Å². The molecule has 2 rings (SSSR count). The van der Waals surface area contributed by atoms with Gasteiger partial charge in [0.25, 0.3) is 0 Å². The fourth-order valence-electron chi connectivity index (χ4n) is 2.06. The highest BCUT2D eigenvalue weighted by atomic mass is 19.4. The number of aromatic nitrogens is 3. The van der Waals surface area contributed by atoms with Gasteiger partial charge in [0, 0.05) is 6.42 Å². The van der Waals surface area contributed by atoms with Crippen LogP contribution in [0.4, 0.5) is 25.1 Å². The van der Waals surface area contributed by atoms with Crippen molar-refractivity contribution in [2.24, 2.45) is 0 Å². The standard InChI is InChI=1S/C16H20F3N5O/c1-3-11(21-15-23-13(4-2)22-14(20)24-15)9-25-12-7-5-6-10(8-12)16(17,18)19/h5-8,11H,3-4,9H2,1-2H3,(H3,20,21,22,23,24). The summed E-state index contributed by atoms with van der Waals surface area (Å²) in [5, 5.41) is 3.07. The fraction of sp³-hybridized carbons (Fsp3) is 0.438. The summed E-state index contributed by atoms with van der Waals surface area (Å²) in [6.07, 6.45) is -3.13. The van der Waals surface area contributed by atoms with Crippen LogP contribution in [0.2, 0.25) is 0 Å². The number of hydrogen-bond donors (Lipinski definition) is 2. The quantitative estimate of drug-likeness (QED) is 0.792. The van der Waals surface area contributed by atoms with Crippen molar-refractivity contribution in [1.29, 1.82) is 0 Å². The predicted octanol–water partition coefficient (Wildman–Crippen LogP) is 3.30. The van der Waals surface area contributed by atoms with Crippen LogP contribution >= 0.6 is 0 Å². The highest BCUT2D eigenvalue weighted by Gasteiger charge is 2.30. The summed E-state index contributed by atoms with van der Waals surface area (Å²) in [4.78, 5) is 12.2. The third-order valence-electron chi connectivity index (χ3n) is 3.45. The minimum absolute atomic E-state index is 0.114. The lowest BCUT2D eigenvalue weighted by molar-refractivity contribution is -0.137. The first kappa shape index (κ1) is 18.8. The van der Waals surface area contributed by atoms with Gasteiger partial charge >= 0.3 is 6.18 Å². The summed E-state index contributed by atoms with van der Waals surface area (Å²) >= 11 is 0. The van der Waals surface area contributed by atoms with E-state index in [0.29, 0.717) is 24.6 Å². The normalized spacial score (nSPS) is 12.7. The van der Waals surface area contributed by atoms with Crippen LogP contribution in [0.5, 0.6) is 5.75 Å². The summed E-state index contributed by atoms with van der Waals surface area (Å²) in [5.41, 5.74) is 4.89. The maximum atomic E-state index is 12.7. The molecule has 1 heterocycles. The fourth-order valence-corrected chi connectivity index (χ4v) is 2.06. The second kappa shape index (κ2) is 8.00. The molecule has 0 saturated carbocycles.